The van der Waals surface area contributed by atoms with E-state index < -0.39 is 0 Å². The summed E-state index contributed by atoms with van der Waals surface area (Å²) in [6.45, 7) is 4.34. The van der Waals surface area contributed by atoms with Crippen molar-refractivity contribution < 1.29 is 19.4 Å². The second kappa shape index (κ2) is 8.06. The molecular formula is C20H18ClNO4S. The number of thioether (sulfide) groups is 1. The summed E-state index contributed by atoms with van der Waals surface area (Å²) in [5, 5.41) is 9.72. The van der Waals surface area contributed by atoms with Gasteiger partial charge in [-0.2, -0.15) is 0 Å². The first-order valence-corrected chi connectivity index (χ1v) is 9.54. The highest BCUT2D eigenvalue weighted by Crippen LogP contribution is 2.38. The van der Waals surface area contributed by atoms with E-state index in [0.29, 0.717) is 17.1 Å². The molecule has 1 fully saturated rings. The summed E-state index contributed by atoms with van der Waals surface area (Å²) in [6.07, 6.45) is 1.58. The Labute approximate surface area is 166 Å². The average molecular weight is 404 g/mol. The number of phenols is 1. The number of amides is 2. The van der Waals surface area contributed by atoms with Crippen LogP contribution in [-0.4, -0.2) is 27.8 Å². The number of ether oxygens (including phenoxy) is 1. The van der Waals surface area contributed by atoms with Gasteiger partial charge >= 0.3 is 0 Å². The zero-order valence-electron chi connectivity index (χ0n) is 14.9. The van der Waals surface area contributed by atoms with Crippen LogP contribution in [0.3, 0.4) is 0 Å². The van der Waals surface area contributed by atoms with Crippen LogP contribution in [0.1, 0.15) is 23.6 Å². The van der Waals surface area contributed by atoms with Gasteiger partial charge < -0.3 is 9.84 Å². The van der Waals surface area contributed by atoms with Gasteiger partial charge in [-0.05, 0) is 54.9 Å². The van der Waals surface area contributed by atoms with Crippen LogP contribution in [0.15, 0.2) is 41.3 Å². The molecule has 1 N–H and O–H groups in total. The van der Waals surface area contributed by atoms with E-state index in [0.717, 1.165) is 22.9 Å². The van der Waals surface area contributed by atoms with Crippen molar-refractivity contribution >= 4 is 40.6 Å². The summed E-state index contributed by atoms with van der Waals surface area (Å²) in [7, 11) is 0. The number of halogens is 1. The highest BCUT2D eigenvalue weighted by molar-refractivity contribution is 8.18. The van der Waals surface area contributed by atoms with Crippen LogP contribution >= 0.6 is 23.4 Å². The zero-order valence-corrected chi connectivity index (χ0v) is 16.4. The number of hydrogen-bond acceptors (Lipinski definition) is 5. The molecule has 0 aromatic heterocycles. The molecule has 2 aromatic rings. The van der Waals surface area contributed by atoms with E-state index in [4.69, 9.17) is 16.3 Å². The molecule has 2 aromatic carbocycles. The molecule has 2 amide bonds. The van der Waals surface area contributed by atoms with E-state index >= 15 is 0 Å². The van der Waals surface area contributed by atoms with Gasteiger partial charge in [-0.3, -0.25) is 14.5 Å². The van der Waals surface area contributed by atoms with Gasteiger partial charge in [-0.1, -0.05) is 41.4 Å². The Morgan fingerprint density at radius 1 is 1.26 bits per heavy atom. The lowest BCUT2D eigenvalue weighted by Gasteiger charge is -2.12. The van der Waals surface area contributed by atoms with Crippen LogP contribution in [0, 0.1) is 6.92 Å². The number of aromatic hydroxyl groups is 1. The summed E-state index contributed by atoms with van der Waals surface area (Å²) in [4.78, 5) is 26.5. The van der Waals surface area contributed by atoms with Crippen LogP contribution < -0.4 is 4.74 Å². The largest absolute Gasteiger partial charge is 0.503 e. The molecule has 3 rings (SSSR count). The summed E-state index contributed by atoms with van der Waals surface area (Å²) in [5.41, 5.74) is 2.53. The molecule has 1 aliphatic heterocycles. The van der Waals surface area contributed by atoms with Gasteiger partial charge in [0.05, 0.1) is 23.1 Å². The van der Waals surface area contributed by atoms with Gasteiger partial charge in [0.1, 0.15) is 0 Å². The van der Waals surface area contributed by atoms with Gasteiger partial charge in [0.25, 0.3) is 11.1 Å². The minimum atomic E-state index is -0.353. The van der Waals surface area contributed by atoms with Gasteiger partial charge in [0, 0.05) is 0 Å². The van der Waals surface area contributed by atoms with Crippen molar-refractivity contribution in [3.63, 3.8) is 0 Å². The predicted molar refractivity (Wildman–Crippen MR) is 107 cm³/mol. The molecule has 7 heteroatoms. The predicted octanol–water partition coefficient (Wildman–Crippen LogP) is 4.99. The highest BCUT2D eigenvalue weighted by atomic mass is 35.5. The van der Waals surface area contributed by atoms with Crippen molar-refractivity contribution in [2.24, 2.45) is 0 Å². The van der Waals surface area contributed by atoms with Gasteiger partial charge in [0.15, 0.2) is 11.5 Å². The fourth-order valence-electron chi connectivity index (χ4n) is 2.72. The van der Waals surface area contributed by atoms with Crippen LogP contribution in [0.4, 0.5) is 4.79 Å². The SMILES string of the molecule is CCOc1cc(/C=C2\SC(=O)N(Cc3cccc(C)c3)C2=O)cc(Cl)c1O. The number of imide groups is 1. The molecule has 5 nitrogen and oxygen atoms in total. The summed E-state index contributed by atoms with van der Waals surface area (Å²) >= 11 is 6.91. The number of aryl methyl sites for hydroxylation is 1. The third kappa shape index (κ3) is 4.28. The number of carbonyl (C=O) groups is 2. The lowest BCUT2D eigenvalue weighted by molar-refractivity contribution is -0.123. The number of rotatable bonds is 5. The normalized spacial score (nSPS) is 15.7. The molecule has 0 radical (unpaired) electrons. The lowest BCUT2D eigenvalue weighted by atomic mass is 10.1. The lowest BCUT2D eigenvalue weighted by Crippen LogP contribution is -2.27. The Bertz CT molecular complexity index is 942. The molecule has 0 aliphatic carbocycles. The Morgan fingerprint density at radius 3 is 2.74 bits per heavy atom. The molecule has 1 aliphatic rings. The van der Waals surface area contributed by atoms with Crippen molar-refractivity contribution in [2.75, 3.05) is 6.61 Å². The Hall–Kier alpha value is -2.44. The Balaban J connectivity index is 1.86. The van der Waals surface area contributed by atoms with Crippen molar-refractivity contribution in [1.82, 2.24) is 4.90 Å². The molecule has 0 spiro atoms. The van der Waals surface area contributed by atoms with E-state index in [1.54, 1.807) is 19.1 Å². The van der Waals surface area contributed by atoms with E-state index in [2.05, 4.69) is 0 Å². The van der Waals surface area contributed by atoms with E-state index in [9.17, 15) is 14.7 Å². The molecule has 0 unspecified atom stereocenters. The molecule has 140 valence electrons. The topological polar surface area (TPSA) is 66.8 Å². The van der Waals surface area contributed by atoms with E-state index in [-0.39, 0.29) is 34.2 Å². The van der Waals surface area contributed by atoms with Crippen molar-refractivity contribution in [3.05, 3.63) is 63.0 Å². The second-order valence-corrected chi connectivity index (χ2v) is 7.44. The number of nitrogens with zero attached hydrogens (tertiary/aromatic N) is 1. The maximum atomic E-state index is 12.7. The maximum absolute atomic E-state index is 12.7. The fourth-order valence-corrected chi connectivity index (χ4v) is 3.78. The molecule has 0 saturated carbocycles. The maximum Gasteiger partial charge on any atom is 0.293 e. The summed E-state index contributed by atoms with van der Waals surface area (Å²) in [5.74, 6) is -0.271. The molecule has 0 atom stereocenters. The Morgan fingerprint density at radius 2 is 2.04 bits per heavy atom. The quantitative estimate of drug-likeness (QED) is 0.712. The third-order valence-corrected chi connectivity index (χ3v) is 5.14. The van der Waals surface area contributed by atoms with Gasteiger partial charge in [-0.25, -0.2) is 0 Å². The number of phenolic OH excluding ortho intramolecular Hbond substituents is 1. The zero-order chi connectivity index (χ0) is 19.6. The van der Waals surface area contributed by atoms with Gasteiger partial charge in [0.2, 0.25) is 0 Å². The number of carbonyl (C=O) groups excluding carboxylic acids is 2. The van der Waals surface area contributed by atoms with E-state index in [1.165, 1.54) is 11.0 Å². The van der Waals surface area contributed by atoms with Crippen molar-refractivity contribution in [3.8, 4) is 11.5 Å². The standard InChI is InChI=1S/C20H18ClNO4S/c1-3-26-16-9-14(8-15(21)18(16)23)10-17-19(24)22(20(25)27-17)11-13-6-4-5-12(2)7-13/h4-10,23H,3,11H2,1-2H3/b17-10-. The summed E-state index contributed by atoms with van der Waals surface area (Å²) < 4.78 is 5.35. The first-order valence-electron chi connectivity index (χ1n) is 8.35. The minimum Gasteiger partial charge on any atom is -0.503 e. The molecule has 1 saturated heterocycles. The average Bonchev–Trinajstić information content (AvgIpc) is 2.87. The van der Waals surface area contributed by atoms with Crippen LogP contribution in [0.25, 0.3) is 6.08 Å². The van der Waals surface area contributed by atoms with E-state index in [1.807, 2.05) is 31.2 Å². The number of hydrogen-bond donors (Lipinski definition) is 1. The van der Waals surface area contributed by atoms with Crippen LogP contribution in [-0.2, 0) is 11.3 Å². The summed E-state index contributed by atoms with van der Waals surface area (Å²) in [6, 6.07) is 10.8. The third-order valence-electron chi connectivity index (χ3n) is 3.95. The Kier molecular flexibility index (Phi) is 5.77. The minimum absolute atomic E-state index is 0.117. The molecule has 0 bridgehead atoms. The number of benzene rings is 2. The molecule has 27 heavy (non-hydrogen) atoms. The first-order chi connectivity index (χ1) is 12.9. The van der Waals surface area contributed by atoms with Crippen LogP contribution in [0.5, 0.6) is 11.5 Å². The molecule has 1 heterocycles. The monoisotopic (exact) mass is 403 g/mol. The van der Waals surface area contributed by atoms with Crippen molar-refractivity contribution in [2.45, 2.75) is 20.4 Å². The molecular weight excluding hydrogens is 386 g/mol. The first kappa shape index (κ1) is 19.3. The fraction of sp³-hybridized carbons (Fsp3) is 0.200. The van der Waals surface area contributed by atoms with Crippen LogP contribution in [0.2, 0.25) is 5.02 Å². The van der Waals surface area contributed by atoms with Crippen molar-refractivity contribution in [1.29, 1.82) is 0 Å². The smallest absolute Gasteiger partial charge is 0.293 e. The van der Waals surface area contributed by atoms with Gasteiger partial charge in [-0.15, -0.1) is 0 Å². The highest BCUT2D eigenvalue weighted by Gasteiger charge is 2.35. The second-order valence-electron chi connectivity index (χ2n) is 6.04.